The molecule has 100 valence electrons. The fourth-order valence-corrected chi connectivity index (χ4v) is 2.81. The number of benzene rings is 3. The van der Waals surface area contributed by atoms with Gasteiger partial charge in [-0.1, -0.05) is 60.1 Å². The predicted octanol–water partition coefficient (Wildman–Crippen LogP) is 4.88. The number of hydrogen-bond donors (Lipinski definition) is 1. The molecule has 3 aromatic rings. The second kappa shape index (κ2) is 5.28. The molecule has 0 aliphatic heterocycles. The van der Waals surface area contributed by atoms with E-state index in [-0.39, 0.29) is 0 Å². The molecular formula is C18H15ClO. The summed E-state index contributed by atoms with van der Waals surface area (Å²) in [6.07, 6.45) is -0.667. The van der Waals surface area contributed by atoms with E-state index in [0.717, 1.165) is 27.5 Å². The van der Waals surface area contributed by atoms with Crippen LogP contribution in [-0.2, 0) is 0 Å². The first-order chi connectivity index (χ1) is 9.66. The lowest BCUT2D eigenvalue weighted by molar-refractivity contribution is 0.221. The van der Waals surface area contributed by atoms with Gasteiger partial charge in [-0.15, -0.1) is 0 Å². The Balaban J connectivity index is 2.21. The van der Waals surface area contributed by atoms with Gasteiger partial charge in [-0.05, 0) is 46.5 Å². The first kappa shape index (κ1) is 13.2. The van der Waals surface area contributed by atoms with Gasteiger partial charge in [-0.25, -0.2) is 0 Å². The summed E-state index contributed by atoms with van der Waals surface area (Å²) in [5.74, 6) is 0. The van der Waals surface area contributed by atoms with Gasteiger partial charge in [0.1, 0.15) is 6.10 Å². The van der Waals surface area contributed by atoms with Crippen molar-refractivity contribution in [3.63, 3.8) is 0 Å². The highest BCUT2D eigenvalue weighted by Crippen LogP contribution is 2.32. The van der Waals surface area contributed by atoms with E-state index in [1.54, 1.807) is 0 Å². The van der Waals surface area contributed by atoms with Crippen LogP contribution in [-0.4, -0.2) is 5.11 Å². The highest BCUT2D eigenvalue weighted by Gasteiger charge is 2.16. The first-order valence-corrected chi connectivity index (χ1v) is 6.96. The fraction of sp³-hybridized carbons (Fsp3) is 0.111. The second-order valence-corrected chi connectivity index (χ2v) is 5.41. The minimum absolute atomic E-state index is 0.638. The molecule has 0 saturated heterocycles. The highest BCUT2D eigenvalue weighted by atomic mass is 35.5. The zero-order valence-corrected chi connectivity index (χ0v) is 11.9. The molecule has 1 nitrogen and oxygen atoms in total. The lowest BCUT2D eigenvalue weighted by atomic mass is 9.92. The third-order valence-corrected chi connectivity index (χ3v) is 3.86. The van der Waals surface area contributed by atoms with Gasteiger partial charge in [0.15, 0.2) is 0 Å². The topological polar surface area (TPSA) is 20.2 Å². The highest BCUT2D eigenvalue weighted by molar-refractivity contribution is 6.30. The van der Waals surface area contributed by atoms with Gasteiger partial charge in [0, 0.05) is 5.02 Å². The maximum atomic E-state index is 10.7. The van der Waals surface area contributed by atoms with Crippen molar-refractivity contribution in [1.29, 1.82) is 0 Å². The standard InChI is InChI=1S/C18H15ClO/c1-12-9-10-13-5-2-3-8-16(13)17(12)18(20)14-6-4-7-15(19)11-14/h2-11,18,20H,1H3. The molecular weight excluding hydrogens is 268 g/mol. The molecule has 1 unspecified atom stereocenters. The molecule has 0 fully saturated rings. The van der Waals surface area contributed by atoms with Crippen LogP contribution in [0.5, 0.6) is 0 Å². The third kappa shape index (κ3) is 2.31. The molecule has 3 aromatic carbocycles. The van der Waals surface area contributed by atoms with Crippen molar-refractivity contribution < 1.29 is 5.11 Å². The molecule has 0 radical (unpaired) electrons. The van der Waals surface area contributed by atoms with Gasteiger partial charge in [-0.2, -0.15) is 0 Å². The van der Waals surface area contributed by atoms with Gasteiger partial charge in [0.2, 0.25) is 0 Å². The first-order valence-electron chi connectivity index (χ1n) is 6.58. The molecule has 0 heterocycles. The van der Waals surface area contributed by atoms with Crippen molar-refractivity contribution in [2.45, 2.75) is 13.0 Å². The Morgan fingerprint density at radius 2 is 1.75 bits per heavy atom. The minimum atomic E-state index is -0.667. The Morgan fingerprint density at radius 3 is 2.55 bits per heavy atom. The summed E-state index contributed by atoms with van der Waals surface area (Å²) in [6, 6.07) is 19.6. The van der Waals surface area contributed by atoms with Crippen LogP contribution in [0, 0.1) is 6.92 Å². The minimum Gasteiger partial charge on any atom is -0.384 e. The Hall–Kier alpha value is -1.83. The summed E-state index contributed by atoms with van der Waals surface area (Å²) in [5, 5.41) is 13.6. The van der Waals surface area contributed by atoms with Crippen LogP contribution in [0.25, 0.3) is 10.8 Å². The summed E-state index contributed by atoms with van der Waals surface area (Å²) in [6.45, 7) is 2.02. The number of halogens is 1. The SMILES string of the molecule is Cc1ccc2ccccc2c1C(O)c1cccc(Cl)c1. The average Bonchev–Trinajstić information content (AvgIpc) is 2.46. The zero-order valence-electron chi connectivity index (χ0n) is 11.2. The molecule has 0 spiro atoms. The summed E-state index contributed by atoms with van der Waals surface area (Å²) < 4.78 is 0. The van der Waals surface area contributed by atoms with Crippen LogP contribution >= 0.6 is 11.6 Å². The van der Waals surface area contributed by atoms with Gasteiger partial charge in [0.05, 0.1) is 0 Å². The maximum Gasteiger partial charge on any atom is 0.105 e. The molecule has 0 aliphatic rings. The zero-order chi connectivity index (χ0) is 14.1. The van der Waals surface area contributed by atoms with E-state index >= 15 is 0 Å². The molecule has 0 aliphatic carbocycles. The molecule has 3 rings (SSSR count). The lowest BCUT2D eigenvalue weighted by Gasteiger charge is -2.17. The number of hydrogen-bond acceptors (Lipinski definition) is 1. The second-order valence-electron chi connectivity index (χ2n) is 4.97. The molecule has 0 bridgehead atoms. The van der Waals surface area contributed by atoms with E-state index in [1.165, 1.54) is 0 Å². The van der Waals surface area contributed by atoms with Gasteiger partial charge < -0.3 is 5.11 Å². The molecule has 0 aromatic heterocycles. The van der Waals surface area contributed by atoms with Gasteiger partial charge in [-0.3, -0.25) is 0 Å². The Kier molecular flexibility index (Phi) is 3.47. The smallest absolute Gasteiger partial charge is 0.105 e. The van der Waals surface area contributed by atoms with E-state index in [4.69, 9.17) is 11.6 Å². The maximum absolute atomic E-state index is 10.7. The van der Waals surface area contributed by atoms with Gasteiger partial charge >= 0.3 is 0 Å². The van der Waals surface area contributed by atoms with Crippen molar-refractivity contribution >= 4 is 22.4 Å². The Morgan fingerprint density at radius 1 is 0.950 bits per heavy atom. The molecule has 1 N–H and O–H groups in total. The van der Waals surface area contributed by atoms with Crippen molar-refractivity contribution in [2.75, 3.05) is 0 Å². The van der Waals surface area contributed by atoms with E-state index in [1.807, 2.05) is 55.5 Å². The van der Waals surface area contributed by atoms with Crippen LogP contribution in [0.3, 0.4) is 0 Å². The Labute approximate surface area is 123 Å². The quantitative estimate of drug-likeness (QED) is 0.710. The molecule has 0 amide bonds. The molecule has 1 atom stereocenters. The van der Waals surface area contributed by atoms with Crippen LogP contribution in [0.4, 0.5) is 0 Å². The molecule has 2 heteroatoms. The average molecular weight is 283 g/mol. The van der Waals surface area contributed by atoms with E-state index < -0.39 is 6.10 Å². The number of fused-ring (bicyclic) bond motifs is 1. The Bertz CT molecular complexity index is 764. The predicted molar refractivity (Wildman–Crippen MR) is 84.2 cm³/mol. The van der Waals surface area contributed by atoms with Crippen molar-refractivity contribution in [3.05, 3.63) is 82.4 Å². The summed E-state index contributed by atoms with van der Waals surface area (Å²) in [4.78, 5) is 0. The third-order valence-electron chi connectivity index (χ3n) is 3.63. The lowest BCUT2D eigenvalue weighted by Crippen LogP contribution is -2.03. The summed E-state index contributed by atoms with van der Waals surface area (Å²) in [7, 11) is 0. The number of aliphatic hydroxyl groups is 1. The normalized spacial score (nSPS) is 12.6. The molecule has 20 heavy (non-hydrogen) atoms. The van der Waals surface area contributed by atoms with Gasteiger partial charge in [0.25, 0.3) is 0 Å². The monoisotopic (exact) mass is 282 g/mol. The number of aryl methyl sites for hydroxylation is 1. The van der Waals surface area contributed by atoms with Crippen molar-refractivity contribution in [3.8, 4) is 0 Å². The van der Waals surface area contributed by atoms with Crippen LogP contribution in [0.1, 0.15) is 22.8 Å². The van der Waals surface area contributed by atoms with Crippen LogP contribution in [0.2, 0.25) is 5.02 Å². The van der Waals surface area contributed by atoms with Crippen molar-refractivity contribution in [1.82, 2.24) is 0 Å². The summed E-state index contributed by atoms with van der Waals surface area (Å²) in [5.41, 5.74) is 2.85. The number of aliphatic hydroxyl groups excluding tert-OH is 1. The fourth-order valence-electron chi connectivity index (χ4n) is 2.61. The largest absolute Gasteiger partial charge is 0.384 e. The van der Waals surface area contributed by atoms with E-state index in [0.29, 0.717) is 5.02 Å². The molecule has 0 saturated carbocycles. The van der Waals surface area contributed by atoms with Crippen LogP contribution in [0.15, 0.2) is 60.7 Å². The van der Waals surface area contributed by atoms with Crippen molar-refractivity contribution in [2.24, 2.45) is 0 Å². The van der Waals surface area contributed by atoms with E-state index in [2.05, 4.69) is 12.1 Å². The number of rotatable bonds is 2. The van der Waals surface area contributed by atoms with Crippen LogP contribution < -0.4 is 0 Å². The summed E-state index contributed by atoms with van der Waals surface area (Å²) >= 11 is 6.02. The van der Waals surface area contributed by atoms with E-state index in [9.17, 15) is 5.11 Å².